The van der Waals surface area contributed by atoms with E-state index in [1.54, 1.807) is 36.4 Å². The molecular weight excluding hydrogens is 488 g/mol. The van der Waals surface area contributed by atoms with E-state index in [-0.39, 0.29) is 17.5 Å². The molecule has 0 saturated carbocycles. The Morgan fingerprint density at radius 1 is 0.769 bits per heavy atom. The quantitative estimate of drug-likeness (QED) is 0.129. The fraction of sp³-hybridized carbons (Fsp3) is 0.412. The Kier molecular flexibility index (Phi) is 10.6. The summed E-state index contributed by atoms with van der Waals surface area (Å²) in [4.78, 5) is 24.0. The third-order valence-corrected chi connectivity index (χ3v) is 7.54. The second kappa shape index (κ2) is 14.5. The van der Waals surface area contributed by atoms with Crippen LogP contribution in [0.2, 0.25) is 0 Å². The molecule has 0 radical (unpaired) electrons. The van der Waals surface area contributed by atoms with E-state index in [1.165, 1.54) is 56.1 Å². The monoisotopic (exact) mass is 528 g/mol. The van der Waals surface area contributed by atoms with E-state index in [0.717, 1.165) is 42.7 Å². The maximum absolute atomic E-state index is 12.9. The number of benzene rings is 3. The topological polar surface area (TPSA) is 72.8 Å². The largest absolute Gasteiger partial charge is 0.494 e. The maximum atomic E-state index is 12.9. The standard InChI is InChI=1S/C34H40O5/c1-2-3-4-5-6-7-8-9-22-38-32-21-18-28-23-30(15-14-29(28)24-32)34(37)39-31-19-16-26(17-20-31)25-10-12-27(13-11-25)33(35)36/h10-13,16-21,24,30H,2-9,14-15,22-23H2,1H3,(H,35,36). The molecule has 0 heterocycles. The summed E-state index contributed by atoms with van der Waals surface area (Å²) in [7, 11) is 0. The molecular formula is C34H40O5. The minimum absolute atomic E-state index is 0.162. The van der Waals surface area contributed by atoms with E-state index in [9.17, 15) is 9.59 Å². The molecule has 1 unspecified atom stereocenters. The number of carbonyl (C=O) groups excluding carboxylic acids is 1. The Hall–Kier alpha value is -3.60. The Bertz CT molecular complexity index is 1210. The summed E-state index contributed by atoms with van der Waals surface area (Å²) in [5.74, 6) is 0.132. The fourth-order valence-corrected chi connectivity index (χ4v) is 5.17. The van der Waals surface area contributed by atoms with Crippen LogP contribution in [-0.2, 0) is 17.6 Å². The Balaban J connectivity index is 1.21. The van der Waals surface area contributed by atoms with E-state index in [4.69, 9.17) is 14.6 Å². The molecule has 3 aromatic carbocycles. The summed E-state index contributed by atoms with van der Waals surface area (Å²) in [6.45, 7) is 3.01. The molecule has 0 amide bonds. The van der Waals surface area contributed by atoms with Gasteiger partial charge in [-0.1, -0.05) is 82.2 Å². The lowest BCUT2D eigenvalue weighted by molar-refractivity contribution is -0.139. The van der Waals surface area contributed by atoms with Crippen molar-refractivity contribution < 1.29 is 24.2 Å². The lowest BCUT2D eigenvalue weighted by Crippen LogP contribution is -2.26. The number of rotatable bonds is 14. The average molecular weight is 529 g/mol. The van der Waals surface area contributed by atoms with Crippen molar-refractivity contribution in [2.24, 2.45) is 5.92 Å². The predicted molar refractivity (Wildman–Crippen MR) is 155 cm³/mol. The summed E-state index contributed by atoms with van der Waals surface area (Å²) < 4.78 is 11.7. The predicted octanol–water partition coefficient (Wildman–Crippen LogP) is 8.28. The number of carboxylic acids is 1. The second-order valence-corrected chi connectivity index (χ2v) is 10.5. The van der Waals surface area contributed by atoms with Gasteiger partial charge in [-0.15, -0.1) is 0 Å². The molecule has 5 heteroatoms. The zero-order valence-electron chi connectivity index (χ0n) is 23.0. The number of aryl methyl sites for hydroxylation is 1. The number of ether oxygens (including phenoxy) is 2. The van der Waals surface area contributed by atoms with Gasteiger partial charge in [0, 0.05) is 0 Å². The average Bonchev–Trinajstić information content (AvgIpc) is 2.96. The molecule has 4 rings (SSSR count). The van der Waals surface area contributed by atoms with Gasteiger partial charge in [0.05, 0.1) is 18.1 Å². The molecule has 0 spiro atoms. The van der Waals surface area contributed by atoms with Crippen molar-refractivity contribution in [1.29, 1.82) is 0 Å². The molecule has 0 aliphatic heterocycles. The number of unbranched alkanes of at least 4 members (excludes halogenated alkanes) is 7. The van der Waals surface area contributed by atoms with Crippen LogP contribution in [0.3, 0.4) is 0 Å². The Morgan fingerprint density at radius 2 is 1.38 bits per heavy atom. The van der Waals surface area contributed by atoms with Crippen LogP contribution in [0.25, 0.3) is 11.1 Å². The van der Waals surface area contributed by atoms with E-state index in [1.807, 2.05) is 18.2 Å². The number of hydrogen-bond acceptors (Lipinski definition) is 4. The summed E-state index contributed by atoms with van der Waals surface area (Å²) >= 11 is 0. The van der Waals surface area contributed by atoms with Crippen molar-refractivity contribution in [3.8, 4) is 22.6 Å². The number of fused-ring (bicyclic) bond motifs is 1. The molecule has 0 bridgehead atoms. The van der Waals surface area contributed by atoms with Crippen molar-refractivity contribution in [2.75, 3.05) is 6.61 Å². The number of carboxylic acid groups (broad SMARTS) is 1. The molecule has 0 fully saturated rings. The van der Waals surface area contributed by atoms with Gasteiger partial charge in [0.15, 0.2) is 0 Å². The number of esters is 1. The van der Waals surface area contributed by atoms with Crippen LogP contribution in [-0.4, -0.2) is 23.7 Å². The van der Waals surface area contributed by atoms with Gasteiger partial charge in [-0.05, 0) is 84.3 Å². The van der Waals surface area contributed by atoms with Crippen LogP contribution in [0.1, 0.15) is 86.2 Å². The summed E-state index contributed by atoms with van der Waals surface area (Å²) in [5.41, 5.74) is 4.55. The van der Waals surface area contributed by atoms with Gasteiger partial charge in [0.2, 0.25) is 0 Å². The first kappa shape index (κ1) is 28.4. The van der Waals surface area contributed by atoms with Gasteiger partial charge in [0.1, 0.15) is 11.5 Å². The minimum atomic E-state index is -0.947. The molecule has 0 aromatic heterocycles. The van der Waals surface area contributed by atoms with Crippen LogP contribution in [0.4, 0.5) is 0 Å². The summed E-state index contributed by atoms with van der Waals surface area (Å²) in [6.07, 6.45) is 12.6. The molecule has 39 heavy (non-hydrogen) atoms. The highest BCUT2D eigenvalue weighted by molar-refractivity contribution is 5.88. The van der Waals surface area contributed by atoms with Crippen LogP contribution in [0, 0.1) is 5.92 Å². The van der Waals surface area contributed by atoms with Crippen LogP contribution in [0.15, 0.2) is 66.7 Å². The van der Waals surface area contributed by atoms with Crippen molar-refractivity contribution in [1.82, 2.24) is 0 Å². The third kappa shape index (κ3) is 8.44. The van der Waals surface area contributed by atoms with E-state index in [0.29, 0.717) is 12.2 Å². The van der Waals surface area contributed by atoms with E-state index in [2.05, 4.69) is 19.1 Å². The molecule has 1 aliphatic carbocycles. The SMILES string of the molecule is CCCCCCCCCCOc1ccc2c(c1)CCC(C(=O)Oc1ccc(-c3ccc(C(=O)O)cc3)cc1)C2. The molecule has 1 N–H and O–H groups in total. The summed E-state index contributed by atoms with van der Waals surface area (Å²) in [5, 5.41) is 9.07. The Morgan fingerprint density at radius 3 is 2.05 bits per heavy atom. The van der Waals surface area contributed by atoms with Gasteiger partial charge in [-0.2, -0.15) is 0 Å². The van der Waals surface area contributed by atoms with Gasteiger partial charge < -0.3 is 14.6 Å². The zero-order valence-corrected chi connectivity index (χ0v) is 23.0. The molecule has 3 aromatic rings. The molecule has 1 aliphatic rings. The van der Waals surface area contributed by atoms with Crippen molar-refractivity contribution in [3.63, 3.8) is 0 Å². The smallest absolute Gasteiger partial charge is 0.335 e. The maximum Gasteiger partial charge on any atom is 0.335 e. The minimum Gasteiger partial charge on any atom is -0.494 e. The highest BCUT2D eigenvalue weighted by atomic mass is 16.5. The first-order chi connectivity index (χ1) is 19.0. The van der Waals surface area contributed by atoms with E-state index < -0.39 is 5.97 Å². The fourth-order valence-electron chi connectivity index (χ4n) is 5.17. The van der Waals surface area contributed by atoms with Crippen LogP contribution >= 0.6 is 0 Å². The molecule has 0 saturated heterocycles. The first-order valence-corrected chi connectivity index (χ1v) is 14.4. The van der Waals surface area contributed by atoms with Crippen molar-refractivity contribution in [2.45, 2.75) is 77.6 Å². The van der Waals surface area contributed by atoms with Crippen LogP contribution < -0.4 is 9.47 Å². The third-order valence-electron chi connectivity index (χ3n) is 7.54. The van der Waals surface area contributed by atoms with E-state index >= 15 is 0 Å². The zero-order chi connectivity index (χ0) is 27.5. The van der Waals surface area contributed by atoms with Gasteiger partial charge in [-0.25, -0.2) is 4.79 Å². The molecule has 1 atom stereocenters. The lowest BCUT2D eigenvalue weighted by atomic mass is 9.84. The number of aromatic carboxylic acids is 1. The lowest BCUT2D eigenvalue weighted by Gasteiger charge is -2.23. The van der Waals surface area contributed by atoms with Crippen LogP contribution in [0.5, 0.6) is 11.5 Å². The summed E-state index contributed by atoms with van der Waals surface area (Å²) in [6, 6.07) is 20.3. The molecule has 206 valence electrons. The van der Waals surface area contributed by atoms with Gasteiger partial charge in [-0.3, -0.25) is 4.79 Å². The highest BCUT2D eigenvalue weighted by Crippen LogP contribution is 2.30. The Labute approximate surface area is 232 Å². The highest BCUT2D eigenvalue weighted by Gasteiger charge is 2.26. The molecule has 5 nitrogen and oxygen atoms in total. The first-order valence-electron chi connectivity index (χ1n) is 14.4. The normalized spacial score (nSPS) is 14.4. The van der Waals surface area contributed by atoms with Crippen molar-refractivity contribution in [3.05, 3.63) is 83.4 Å². The van der Waals surface area contributed by atoms with Gasteiger partial charge >= 0.3 is 11.9 Å². The number of carbonyl (C=O) groups is 2. The second-order valence-electron chi connectivity index (χ2n) is 10.5. The number of hydrogen-bond donors (Lipinski definition) is 1. The van der Waals surface area contributed by atoms with Crippen molar-refractivity contribution >= 4 is 11.9 Å². The van der Waals surface area contributed by atoms with Gasteiger partial charge in [0.25, 0.3) is 0 Å².